The van der Waals surface area contributed by atoms with Crippen molar-refractivity contribution >= 4 is 53.5 Å². The van der Waals surface area contributed by atoms with Crippen LogP contribution in [0.5, 0.6) is 11.5 Å². The fourth-order valence-electron chi connectivity index (χ4n) is 2.43. The Balaban J connectivity index is 2.49. The Morgan fingerprint density at radius 3 is 2.32 bits per heavy atom. The molecule has 4 nitrogen and oxygen atoms in total. The van der Waals surface area contributed by atoms with Crippen molar-refractivity contribution in [1.82, 2.24) is 0 Å². The molecule has 0 aromatic heterocycles. The van der Waals surface area contributed by atoms with Gasteiger partial charge in [0.25, 0.3) is 0 Å². The maximum absolute atomic E-state index is 6.10. The van der Waals surface area contributed by atoms with Crippen LogP contribution in [0, 0.1) is 0 Å². The molecule has 0 amide bonds. The second-order valence-electron chi connectivity index (χ2n) is 6.92. The van der Waals surface area contributed by atoms with Crippen molar-refractivity contribution in [2.75, 3.05) is 19.8 Å². The van der Waals surface area contributed by atoms with Gasteiger partial charge >= 0.3 is 0 Å². The highest BCUT2D eigenvalue weighted by Crippen LogP contribution is 2.38. The van der Waals surface area contributed by atoms with Gasteiger partial charge in [-0.2, -0.15) is 0 Å². The van der Waals surface area contributed by atoms with E-state index in [4.69, 9.17) is 14.3 Å². The molecule has 158 valence electrons. The number of benzene rings is 1. The first-order chi connectivity index (χ1) is 13.3. The Kier molecular flexibility index (Phi) is 13.2. The summed E-state index contributed by atoms with van der Waals surface area (Å²) in [4.78, 5) is 5.21. The van der Waals surface area contributed by atoms with Crippen LogP contribution in [0.3, 0.4) is 0 Å². The van der Waals surface area contributed by atoms with Crippen LogP contribution in [0.4, 0.5) is 0 Å². The van der Waals surface area contributed by atoms with Gasteiger partial charge in [-0.3, -0.25) is 0 Å². The summed E-state index contributed by atoms with van der Waals surface area (Å²) in [6, 6.07) is 4.03. The number of oxime groups is 1. The van der Waals surface area contributed by atoms with Gasteiger partial charge in [-0.1, -0.05) is 19.0 Å². The lowest BCUT2D eigenvalue weighted by atomic mass is 10.0. The standard InChI is InChI=1S/C21H30Br3NO3/c1-15(2)18-13-17(26-12-9-20(23)24)14-19(22)21(18)27-10-7-5-6-8-11-28-25-16(3)4/h9,13-15H,5-8,10-12H2,1-4H3. The lowest BCUT2D eigenvalue weighted by Crippen LogP contribution is -2.04. The fourth-order valence-corrected chi connectivity index (χ4v) is 3.26. The van der Waals surface area contributed by atoms with Crippen molar-refractivity contribution in [2.24, 2.45) is 5.16 Å². The molecule has 1 rings (SSSR count). The van der Waals surface area contributed by atoms with Gasteiger partial charge in [-0.15, -0.1) is 0 Å². The van der Waals surface area contributed by atoms with Gasteiger partial charge < -0.3 is 14.3 Å². The molecule has 0 N–H and O–H groups in total. The van der Waals surface area contributed by atoms with E-state index in [1.54, 1.807) is 0 Å². The molecule has 0 spiro atoms. The van der Waals surface area contributed by atoms with Crippen molar-refractivity contribution in [1.29, 1.82) is 0 Å². The van der Waals surface area contributed by atoms with Gasteiger partial charge in [0.15, 0.2) is 0 Å². The van der Waals surface area contributed by atoms with Gasteiger partial charge in [0.2, 0.25) is 0 Å². The molecule has 0 aliphatic heterocycles. The minimum absolute atomic E-state index is 0.341. The third-order valence-electron chi connectivity index (χ3n) is 3.78. The molecular formula is C21H30Br3NO3. The summed E-state index contributed by atoms with van der Waals surface area (Å²) in [7, 11) is 0. The Labute approximate surface area is 194 Å². The van der Waals surface area contributed by atoms with Crippen molar-refractivity contribution in [3.8, 4) is 11.5 Å². The van der Waals surface area contributed by atoms with E-state index in [9.17, 15) is 0 Å². The number of hydrogen-bond acceptors (Lipinski definition) is 4. The molecule has 0 saturated heterocycles. The first-order valence-electron chi connectivity index (χ1n) is 9.54. The fraction of sp³-hybridized carbons (Fsp3) is 0.571. The normalized spacial score (nSPS) is 10.6. The van der Waals surface area contributed by atoms with E-state index >= 15 is 0 Å². The lowest BCUT2D eigenvalue weighted by Gasteiger charge is -2.18. The molecule has 0 aliphatic rings. The van der Waals surface area contributed by atoms with Crippen LogP contribution in [-0.2, 0) is 4.84 Å². The second kappa shape index (κ2) is 14.5. The third kappa shape index (κ3) is 10.9. The van der Waals surface area contributed by atoms with Crippen LogP contribution >= 0.6 is 47.8 Å². The molecule has 0 atom stereocenters. The monoisotopic (exact) mass is 581 g/mol. The largest absolute Gasteiger partial charge is 0.492 e. The molecule has 0 radical (unpaired) electrons. The van der Waals surface area contributed by atoms with Gasteiger partial charge in [-0.05, 0) is 111 Å². The van der Waals surface area contributed by atoms with Crippen LogP contribution in [0.25, 0.3) is 0 Å². The maximum atomic E-state index is 6.10. The van der Waals surface area contributed by atoms with Crippen LogP contribution < -0.4 is 9.47 Å². The van der Waals surface area contributed by atoms with Gasteiger partial charge in [-0.25, -0.2) is 0 Å². The van der Waals surface area contributed by atoms with Crippen LogP contribution in [-0.4, -0.2) is 25.5 Å². The molecule has 1 aromatic rings. The molecule has 0 heterocycles. The summed E-state index contributed by atoms with van der Waals surface area (Å²) in [5.41, 5.74) is 2.09. The van der Waals surface area contributed by atoms with E-state index < -0.39 is 0 Å². The summed E-state index contributed by atoms with van der Waals surface area (Å²) in [5.74, 6) is 2.08. The molecule has 7 heteroatoms. The van der Waals surface area contributed by atoms with Crippen molar-refractivity contribution in [3.63, 3.8) is 0 Å². The van der Waals surface area contributed by atoms with Crippen LogP contribution in [0.15, 0.2) is 31.2 Å². The van der Waals surface area contributed by atoms with E-state index in [1.807, 2.05) is 26.0 Å². The number of nitrogens with zero attached hydrogens (tertiary/aromatic N) is 1. The highest BCUT2D eigenvalue weighted by atomic mass is 79.9. The average Bonchev–Trinajstić information content (AvgIpc) is 2.60. The van der Waals surface area contributed by atoms with Gasteiger partial charge in [0.1, 0.15) is 24.7 Å². The minimum Gasteiger partial charge on any atom is -0.492 e. The Morgan fingerprint density at radius 1 is 1.04 bits per heavy atom. The summed E-state index contributed by atoms with van der Waals surface area (Å²) in [6.45, 7) is 10.0. The summed E-state index contributed by atoms with van der Waals surface area (Å²) in [5, 5.41) is 3.94. The Hall–Kier alpha value is -0.530. The summed E-state index contributed by atoms with van der Waals surface area (Å²) in [6.07, 6.45) is 6.17. The molecule has 28 heavy (non-hydrogen) atoms. The summed E-state index contributed by atoms with van der Waals surface area (Å²) >= 11 is 10.3. The topological polar surface area (TPSA) is 40.0 Å². The molecule has 0 saturated carbocycles. The van der Waals surface area contributed by atoms with Gasteiger partial charge in [0, 0.05) is 5.56 Å². The average molecular weight is 584 g/mol. The number of rotatable bonds is 13. The Morgan fingerprint density at radius 2 is 1.71 bits per heavy atom. The minimum atomic E-state index is 0.341. The predicted octanol–water partition coefficient (Wildman–Crippen LogP) is 7.93. The number of ether oxygens (including phenoxy) is 2. The Bertz CT molecular complexity index is 653. The van der Waals surface area contributed by atoms with Gasteiger partial charge in [0.05, 0.1) is 20.2 Å². The first kappa shape index (κ1) is 25.5. The predicted molar refractivity (Wildman–Crippen MR) is 128 cm³/mol. The molecule has 0 bridgehead atoms. The SMILES string of the molecule is CC(C)=NOCCCCCCOc1c(Br)cc(OCC=C(Br)Br)cc1C(C)C. The van der Waals surface area contributed by atoms with Crippen LogP contribution in [0.1, 0.15) is 64.9 Å². The van der Waals surface area contributed by atoms with E-state index in [0.29, 0.717) is 25.7 Å². The highest BCUT2D eigenvalue weighted by Gasteiger charge is 2.14. The molecule has 0 fully saturated rings. The van der Waals surface area contributed by atoms with E-state index in [1.165, 1.54) is 0 Å². The third-order valence-corrected chi connectivity index (χ3v) is 5.02. The number of halogens is 3. The van der Waals surface area contributed by atoms with E-state index in [-0.39, 0.29) is 0 Å². The zero-order valence-electron chi connectivity index (χ0n) is 17.1. The smallest absolute Gasteiger partial charge is 0.137 e. The number of hydrogen-bond donors (Lipinski definition) is 0. The number of unbranched alkanes of at least 4 members (excludes halogenated alkanes) is 3. The zero-order valence-corrected chi connectivity index (χ0v) is 21.8. The van der Waals surface area contributed by atoms with Crippen molar-refractivity contribution < 1.29 is 14.3 Å². The zero-order chi connectivity index (χ0) is 20.9. The molecule has 0 unspecified atom stereocenters. The quantitative estimate of drug-likeness (QED) is 0.134. The lowest BCUT2D eigenvalue weighted by molar-refractivity contribution is 0.139. The van der Waals surface area contributed by atoms with Crippen LogP contribution in [0.2, 0.25) is 0 Å². The maximum Gasteiger partial charge on any atom is 0.137 e. The van der Waals surface area contributed by atoms with E-state index in [0.717, 1.165) is 56.3 Å². The summed E-state index contributed by atoms with van der Waals surface area (Å²) < 4.78 is 13.7. The first-order valence-corrected chi connectivity index (χ1v) is 11.9. The van der Waals surface area contributed by atoms with Crippen molar-refractivity contribution in [3.05, 3.63) is 31.6 Å². The highest BCUT2D eigenvalue weighted by molar-refractivity contribution is 9.28. The molecule has 0 aliphatic carbocycles. The van der Waals surface area contributed by atoms with Crippen molar-refractivity contribution in [2.45, 2.75) is 59.3 Å². The molecule has 1 aromatic carbocycles. The second-order valence-corrected chi connectivity index (χ2v) is 10.5. The van der Waals surface area contributed by atoms with E-state index in [2.05, 4.69) is 72.9 Å². The molecular weight excluding hydrogens is 554 g/mol.